The maximum atomic E-state index is 11.1. The van der Waals surface area contributed by atoms with E-state index in [1.807, 2.05) is 11.6 Å². The van der Waals surface area contributed by atoms with Crippen LogP contribution in [0.1, 0.15) is 20.3 Å². The highest BCUT2D eigenvalue weighted by Crippen LogP contribution is 2.37. The lowest BCUT2D eigenvalue weighted by Gasteiger charge is -2.02. The molecule has 1 rings (SSSR count). The first-order valence-corrected chi connectivity index (χ1v) is 5.66. The second-order valence-corrected chi connectivity index (χ2v) is 5.20. The second-order valence-electron chi connectivity index (χ2n) is 3.19. The smallest absolute Gasteiger partial charge is 0.236 e. The van der Waals surface area contributed by atoms with E-state index in [-0.39, 0.29) is 17.6 Å². The minimum atomic E-state index is -3.35. The Morgan fingerprint density at radius 1 is 1.58 bits per heavy atom. The van der Waals surface area contributed by atoms with Gasteiger partial charge in [-0.3, -0.25) is 9.52 Å². The van der Waals surface area contributed by atoms with Crippen LogP contribution >= 0.6 is 0 Å². The lowest BCUT2D eigenvalue weighted by Crippen LogP contribution is -2.33. The summed E-state index contributed by atoms with van der Waals surface area (Å²) >= 11 is 0. The first-order valence-electron chi connectivity index (χ1n) is 4.00. The van der Waals surface area contributed by atoms with Crippen molar-refractivity contribution in [2.45, 2.75) is 20.3 Å². The quantitative estimate of drug-likeness (QED) is 0.688. The van der Waals surface area contributed by atoms with Crippen molar-refractivity contribution in [2.24, 2.45) is 11.8 Å². The molecule has 70 valence electrons. The van der Waals surface area contributed by atoms with E-state index in [9.17, 15) is 13.2 Å². The number of amides is 1. The topological polar surface area (TPSA) is 63.2 Å². The van der Waals surface area contributed by atoms with Gasteiger partial charge >= 0.3 is 0 Å². The Labute approximate surface area is 72.4 Å². The Hall–Kier alpha value is -0.580. The van der Waals surface area contributed by atoms with Gasteiger partial charge in [-0.15, -0.1) is 0 Å². The van der Waals surface area contributed by atoms with Gasteiger partial charge in [-0.25, -0.2) is 8.42 Å². The van der Waals surface area contributed by atoms with Gasteiger partial charge in [-0.05, 0) is 19.3 Å². The van der Waals surface area contributed by atoms with Crippen LogP contribution < -0.4 is 4.72 Å². The van der Waals surface area contributed by atoms with Gasteiger partial charge in [0.05, 0.1) is 5.75 Å². The summed E-state index contributed by atoms with van der Waals surface area (Å²) < 4.78 is 23.9. The standard InChI is InChI=1S/C7H13NO3S/c1-3-12(10,11)8-7(9)6-4-5(6)2/h5-6H,3-4H2,1-2H3,(H,8,9). The predicted octanol–water partition coefficient (Wildman–Crippen LogP) is 0.108. The van der Waals surface area contributed by atoms with Crippen LogP contribution in [0.5, 0.6) is 0 Å². The third-order valence-corrected chi connectivity index (χ3v) is 3.35. The molecule has 0 aliphatic heterocycles. The Kier molecular flexibility index (Phi) is 2.41. The van der Waals surface area contributed by atoms with Crippen molar-refractivity contribution in [3.05, 3.63) is 0 Å². The van der Waals surface area contributed by atoms with Gasteiger partial charge in [0, 0.05) is 5.92 Å². The van der Waals surface area contributed by atoms with E-state index < -0.39 is 10.0 Å². The van der Waals surface area contributed by atoms with E-state index >= 15 is 0 Å². The predicted molar refractivity (Wildman–Crippen MR) is 44.9 cm³/mol. The molecule has 1 fully saturated rings. The Bertz CT molecular complexity index is 283. The van der Waals surface area contributed by atoms with Crippen molar-refractivity contribution in [3.8, 4) is 0 Å². The average Bonchev–Trinajstić information content (AvgIpc) is 2.66. The van der Waals surface area contributed by atoms with Crippen LogP contribution in [0.4, 0.5) is 0 Å². The number of sulfonamides is 1. The van der Waals surface area contributed by atoms with Crippen LogP contribution in [0.15, 0.2) is 0 Å². The first kappa shape index (κ1) is 9.51. The summed E-state index contributed by atoms with van der Waals surface area (Å²) in [4.78, 5) is 11.1. The highest BCUT2D eigenvalue weighted by Gasteiger charge is 2.40. The molecular weight excluding hydrogens is 178 g/mol. The molecule has 0 radical (unpaired) electrons. The minimum absolute atomic E-state index is 0.0418. The summed E-state index contributed by atoms with van der Waals surface area (Å²) in [7, 11) is -3.35. The van der Waals surface area contributed by atoms with E-state index in [1.54, 1.807) is 0 Å². The van der Waals surface area contributed by atoms with E-state index in [2.05, 4.69) is 0 Å². The van der Waals surface area contributed by atoms with Gasteiger partial charge in [0.15, 0.2) is 0 Å². The van der Waals surface area contributed by atoms with Crippen LogP contribution in [-0.4, -0.2) is 20.1 Å². The highest BCUT2D eigenvalue weighted by atomic mass is 32.2. The number of nitrogens with one attached hydrogen (secondary N) is 1. The normalized spacial score (nSPS) is 28.2. The molecule has 0 heterocycles. The summed E-state index contributed by atoms with van der Waals surface area (Å²) in [5, 5.41) is 0. The lowest BCUT2D eigenvalue weighted by molar-refractivity contribution is -0.120. The first-order chi connectivity index (χ1) is 5.46. The molecule has 0 bridgehead atoms. The SMILES string of the molecule is CCS(=O)(=O)NC(=O)C1CC1C. The largest absolute Gasteiger partial charge is 0.274 e. The zero-order valence-electron chi connectivity index (χ0n) is 7.20. The molecule has 0 spiro atoms. The van der Waals surface area contributed by atoms with Gasteiger partial charge in [0.2, 0.25) is 15.9 Å². The molecule has 1 amide bonds. The maximum Gasteiger partial charge on any atom is 0.236 e. The van der Waals surface area contributed by atoms with Crippen LogP contribution in [0.2, 0.25) is 0 Å². The molecule has 0 saturated heterocycles. The third-order valence-electron chi connectivity index (χ3n) is 2.08. The Balaban J connectivity index is 2.47. The molecule has 1 saturated carbocycles. The molecule has 2 atom stereocenters. The van der Waals surface area contributed by atoms with Crippen molar-refractivity contribution in [1.29, 1.82) is 0 Å². The van der Waals surface area contributed by atoms with Crippen molar-refractivity contribution < 1.29 is 13.2 Å². The van der Waals surface area contributed by atoms with Gasteiger partial charge < -0.3 is 0 Å². The molecule has 4 nitrogen and oxygen atoms in total. The summed E-state index contributed by atoms with van der Waals surface area (Å²) in [6.45, 7) is 3.44. The molecule has 0 aromatic carbocycles. The molecule has 12 heavy (non-hydrogen) atoms. The number of hydrogen-bond acceptors (Lipinski definition) is 3. The van der Waals surface area contributed by atoms with E-state index in [1.165, 1.54) is 6.92 Å². The van der Waals surface area contributed by atoms with E-state index in [0.717, 1.165) is 6.42 Å². The molecule has 0 aromatic rings. The molecule has 5 heteroatoms. The molecule has 0 aromatic heterocycles. The van der Waals surface area contributed by atoms with Gasteiger partial charge in [0.1, 0.15) is 0 Å². The number of hydrogen-bond donors (Lipinski definition) is 1. The fraction of sp³-hybridized carbons (Fsp3) is 0.857. The minimum Gasteiger partial charge on any atom is -0.274 e. The van der Waals surface area contributed by atoms with Crippen LogP contribution in [0.3, 0.4) is 0 Å². The Morgan fingerprint density at radius 2 is 2.08 bits per heavy atom. The highest BCUT2D eigenvalue weighted by molar-refractivity contribution is 7.90. The van der Waals surface area contributed by atoms with Crippen molar-refractivity contribution in [1.82, 2.24) is 4.72 Å². The zero-order chi connectivity index (χ0) is 9.35. The number of rotatable bonds is 3. The molecule has 1 aliphatic rings. The summed E-state index contributed by atoms with van der Waals surface area (Å²) in [5.74, 6) is -0.118. The maximum absolute atomic E-state index is 11.1. The lowest BCUT2D eigenvalue weighted by atomic mass is 10.3. The molecular formula is C7H13NO3S. The average molecular weight is 191 g/mol. The summed E-state index contributed by atoms with van der Waals surface area (Å²) in [6.07, 6.45) is 0.811. The Morgan fingerprint density at radius 3 is 2.42 bits per heavy atom. The fourth-order valence-electron chi connectivity index (χ4n) is 0.989. The molecule has 2 unspecified atom stereocenters. The third kappa shape index (κ3) is 2.20. The monoisotopic (exact) mass is 191 g/mol. The van der Waals surface area contributed by atoms with Crippen LogP contribution in [0.25, 0.3) is 0 Å². The van der Waals surface area contributed by atoms with Crippen molar-refractivity contribution in [2.75, 3.05) is 5.75 Å². The molecule has 1 N–H and O–H groups in total. The zero-order valence-corrected chi connectivity index (χ0v) is 8.02. The van der Waals surface area contributed by atoms with Gasteiger partial charge in [0.25, 0.3) is 0 Å². The fourth-order valence-corrected chi connectivity index (χ4v) is 1.59. The van der Waals surface area contributed by atoms with Crippen LogP contribution in [-0.2, 0) is 14.8 Å². The number of carbonyl (C=O) groups excluding carboxylic acids is 1. The van der Waals surface area contributed by atoms with E-state index in [0.29, 0.717) is 5.92 Å². The molecule has 1 aliphatic carbocycles. The summed E-state index contributed by atoms with van der Waals surface area (Å²) in [6, 6.07) is 0. The van der Waals surface area contributed by atoms with Gasteiger partial charge in [-0.1, -0.05) is 6.92 Å². The van der Waals surface area contributed by atoms with E-state index in [4.69, 9.17) is 0 Å². The van der Waals surface area contributed by atoms with Crippen molar-refractivity contribution >= 4 is 15.9 Å². The number of carbonyl (C=O) groups is 1. The van der Waals surface area contributed by atoms with Crippen LogP contribution in [0, 0.1) is 11.8 Å². The summed E-state index contributed by atoms with van der Waals surface area (Å²) in [5.41, 5.74) is 0. The second kappa shape index (κ2) is 3.05. The van der Waals surface area contributed by atoms with Gasteiger partial charge in [-0.2, -0.15) is 0 Å². The van der Waals surface area contributed by atoms with Crippen molar-refractivity contribution in [3.63, 3.8) is 0 Å².